The van der Waals surface area contributed by atoms with E-state index in [1.54, 1.807) is 0 Å². The Morgan fingerprint density at radius 3 is 2.23 bits per heavy atom. The Kier molecular flexibility index (Phi) is 8.22. The van der Waals surface area contributed by atoms with Crippen LogP contribution in [-0.4, -0.2) is 21.0 Å². The molecule has 1 atom stereocenters. The zero-order valence-electron chi connectivity index (χ0n) is 13.3. The van der Waals surface area contributed by atoms with E-state index in [-0.39, 0.29) is 17.4 Å². The molecule has 0 saturated carbocycles. The van der Waals surface area contributed by atoms with E-state index in [4.69, 9.17) is 47.0 Å². The summed E-state index contributed by atoms with van der Waals surface area (Å²) in [5.74, 6) is -0.294. The lowest BCUT2D eigenvalue weighted by molar-refractivity contribution is -0.121. The Hall–Kier alpha value is -0.800. The minimum absolute atomic E-state index is 0.164. The number of thiocarbonyl (C=S) groups is 1. The van der Waals surface area contributed by atoms with Gasteiger partial charge in [0.2, 0.25) is 9.70 Å². The molecule has 4 nitrogen and oxygen atoms in total. The van der Waals surface area contributed by atoms with E-state index in [9.17, 15) is 4.79 Å². The van der Waals surface area contributed by atoms with Gasteiger partial charge in [-0.25, -0.2) is 0 Å². The average Bonchev–Trinajstić information content (AvgIpc) is 2.56. The molecule has 26 heavy (non-hydrogen) atoms. The molecule has 9 heteroatoms. The maximum Gasteiger partial charge on any atom is 0.228 e. The molecule has 0 heterocycles. The van der Waals surface area contributed by atoms with Gasteiger partial charge in [0, 0.05) is 9.26 Å². The molecular formula is C17H15Cl3IN3OS. The number of anilines is 1. The fourth-order valence-electron chi connectivity index (χ4n) is 2.02. The van der Waals surface area contributed by atoms with Gasteiger partial charge in [-0.2, -0.15) is 0 Å². The standard InChI is InChI=1S/C17H15Cl3IN3OS/c18-17(19,20)15(23-14(25)10-11-4-2-1-3-5-11)24-16(26)22-13-8-6-12(21)7-9-13/h1-9,15H,10H2,(H,23,25)(H2,22,24,26)/t15-/m0/s1. The first-order chi connectivity index (χ1) is 12.2. The van der Waals surface area contributed by atoms with Gasteiger partial charge in [0.25, 0.3) is 0 Å². The number of halogens is 4. The van der Waals surface area contributed by atoms with Crippen LogP contribution in [0.25, 0.3) is 0 Å². The van der Waals surface area contributed by atoms with Gasteiger partial charge in [0.15, 0.2) is 5.11 Å². The van der Waals surface area contributed by atoms with Crippen molar-refractivity contribution in [3.05, 3.63) is 63.7 Å². The van der Waals surface area contributed by atoms with Crippen molar-refractivity contribution in [2.24, 2.45) is 0 Å². The van der Waals surface area contributed by atoms with Crippen molar-refractivity contribution in [3.8, 4) is 0 Å². The Morgan fingerprint density at radius 1 is 1.04 bits per heavy atom. The van der Waals surface area contributed by atoms with Crippen molar-refractivity contribution in [1.82, 2.24) is 10.6 Å². The summed E-state index contributed by atoms with van der Waals surface area (Å²) in [5, 5.41) is 8.69. The number of carbonyl (C=O) groups excluding carboxylic acids is 1. The van der Waals surface area contributed by atoms with Gasteiger partial charge in [-0.3, -0.25) is 4.79 Å². The first-order valence-electron chi connectivity index (χ1n) is 7.47. The average molecular weight is 543 g/mol. The third-order valence-corrected chi connectivity index (χ3v) is 4.81. The highest BCUT2D eigenvalue weighted by atomic mass is 127. The normalized spacial score (nSPS) is 12.2. The summed E-state index contributed by atoms with van der Waals surface area (Å²) in [6.45, 7) is 0. The van der Waals surface area contributed by atoms with Crippen LogP contribution in [0.2, 0.25) is 0 Å². The zero-order chi connectivity index (χ0) is 19.2. The molecule has 0 aliphatic heterocycles. The van der Waals surface area contributed by atoms with Gasteiger partial charge in [-0.15, -0.1) is 0 Å². The molecule has 0 aromatic heterocycles. The third kappa shape index (κ3) is 7.44. The van der Waals surface area contributed by atoms with Crippen LogP contribution in [0, 0.1) is 3.57 Å². The lowest BCUT2D eigenvalue weighted by Crippen LogP contribution is -2.56. The lowest BCUT2D eigenvalue weighted by Gasteiger charge is -2.27. The minimum atomic E-state index is -1.79. The van der Waals surface area contributed by atoms with Crippen molar-refractivity contribution in [1.29, 1.82) is 0 Å². The second-order valence-electron chi connectivity index (χ2n) is 5.31. The fraction of sp³-hybridized carbons (Fsp3) is 0.176. The van der Waals surface area contributed by atoms with E-state index in [0.29, 0.717) is 0 Å². The van der Waals surface area contributed by atoms with Crippen molar-refractivity contribution >= 4 is 86.3 Å². The second kappa shape index (κ2) is 9.94. The van der Waals surface area contributed by atoms with Gasteiger partial charge in [0.1, 0.15) is 6.17 Å². The van der Waals surface area contributed by atoms with Crippen LogP contribution < -0.4 is 16.0 Å². The van der Waals surface area contributed by atoms with Gasteiger partial charge in [-0.05, 0) is 64.6 Å². The highest BCUT2D eigenvalue weighted by molar-refractivity contribution is 14.1. The molecular weight excluding hydrogens is 528 g/mol. The quantitative estimate of drug-likeness (QED) is 0.223. The molecule has 0 aliphatic carbocycles. The molecule has 0 bridgehead atoms. The molecule has 2 aromatic carbocycles. The summed E-state index contributed by atoms with van der Waals surface area (Å²) in [6.07, 6.45) is -0.829. The molecule has 0 radical (unpaired) electrons. The molecule has 0 fully saturated rings. The Balaban J connectivity index is 1.97. The molecule has 2 aromatic rings. The van der Waals surface area contributed by atoms with Crippen LogP contribution in [0.15, 0.2) is 54.6 Å². The van der Waals surface area contributed by atoms with Crippen LogP contribution in [0.4, 0.5) is 5.69 Å². The molecule has 2 rings (SSSR count). The van der Waals surface area contributed by atoms with Crippen molar-refractivity contribution in [3.63, 3.8) is 0 Å². The molecule has 0 spiro atoms. The third-order valence-electron chi connectivity index (χ3n) is 3.22. The number of benzene rings is 2. The number of hydrogen-bond acceptors (Lipinski definition) is 2. The highest BCUT2D eigenvalue weighted by Gasteiger charge is 2.34. The smallest absolute Gasteiger partial charge is 0.228 e. The van der Waals surface area contributed by atoms with Gasteiger partial charge < -0.3 is 16.0 Å². The van der Waals surface area contributed by atoms with Gasteiger partial charge >= 0.3 is 0 Å². The second-order valence-corrected chi connectivity index (χ2v) is 9.33. The lowest BCUT2D eigenvalue weighted by atomic mass is 10.1. The van der Waals surface area contributed by atoms with Crippen molar-refractivity contribution in [2.45, 2.75) is 16.4 Å². The summed E-state index contributed by atoms with van der Waals surface area (Å²) in [6, 6.07) is 16.9. The van der Waals surface area contributed by atoms with Crippen LogP contribution in [0.5, 0.6) is 0 Å². The van der Waals surface area contributed by atoms with Gasteiger partial charge in [0.05, 0.1) is 6.42 Å². The van der Waals surface area contributed by atoms with E-state index < -0.39 is 9.96 Å². The van der Waals surface area contributed by atoms with Crippen molar-refractivity contribution in [2.75, 3.05) is 5.32 Å². The van der Waals surface area contributed by atoms with Gasteiger partial charge in [-0.1, -0.05) is 65.1 Å². The Morgan fingerprint density at radius 2 is 1.65 bits per heavy atom. The zero-order valence-corrected chi connectivity index (χ0v) is 18.6. The summed E-state index contributed by atoms with van der Waals surface area (Å²) >= 11 is 25.4. The molecule has 138 valence electrons. The number of carbonyl (C=O) groups is 1. The Labute approximate surface area is 186 Å². The molecule has 0 unspecified atom stereocenters. The maximum atomic E-state index is 12.3. The van der Waals surface area contributed by atoms with Crippen LogP contribution in [0.3, 0.4) is 0 Å². The SMILES string of the molecule is O=C(Cc1ccccc1)N[C@@H](NC(=S)Nc1ccc(I)cc1)C(Cl)(Cl)Cl. The summed E-state index contributed by atoms with van der Waals surface area (Å²) in [7, 11) is 0. The minimum Gasteiger partial charge on any atom is -0.339 e. The first-order valence-corrected chi connectivity index (χ1v) is 10.1. The van der Waals surface area contributed by atoms with E-state index in [2.05, 4.69) is 38.5 Å². The van der Waals surface area contributed by atoms with Crippen LogP contribution >= 0.6 is 69.6 Å². The van der Waals surface area contributed by atoms with E-state index in [1.165, 1.54) is 0 Å². The number of amides is 1. The van der Waals surface area contributed by atoms with Crippen LogP contribution in [-0.2, 0) is 11.2 Å². The molecule has 3 N–H and O–H groups in total. The van der Waals surface area contributed by atoms with Crippen molar-refractivity contribution < 1.29 is 4.79 Å². The number of hydrogen-bond donors (Lipinski definition) is 3. The monoisotopic (exact) mass is 541 g/mol. The predicted molar refractivity (Wildman–Crippen MR) is 121 cm³/mol. The summed E-state index contributed by atoms with van der Waals surface area (Å²) in [5.41, 5.74) is 1.63. The summed E-state index contributed by atoms with van der Waals surface area (Å²) < 4.78 is -0.691. The van der Waals surface area contributed by atoms with E-state index in [0.717, 1.165) is 14.8 Å². The number of alkyl halides is 3. The van der Waals surface area contributed by atoms with E-state index >= 15 is 0 Å². The largest absolute Gasteiger partial charge is 0.339 e. The molecule has 1 amide bonds. The number of rotatable bonds is 5. The topological polar surface area (TPSA) is 53.2 Å². The highest BCUT2D eigenvalue weighted by Crippen LogP contribution is 2.29. The predicted octanol–water partition coefficient (Wildman–Crippen LogP) is 4.63. The fourth-order valence-corrected chi connectivity index (χ4v) is 2.95. The number of nitrogens with one attached hydrogen (secondary N) is 3. The molecule has 0 saturated heterocycles. The van der Waals surface area contributed by atoms with E-state index in [1.807, 2.05) is 54.6 Å². The van der Waals surface area contributed by atoms with Crippen LogP contribution in [0.1, 0.15) is 5.56 Å². The summed E-state index contributed by atoms with van der Waals surface area (Å²) in [4.78, 5) is 12.3. The molecule has 0 aliphatic rings. The first kappa shape index (κ1) is 21.5. The maximum absolute atomic E-state index is 12.3. The Bertz CT molecular complexity index is 754.